The molecule has 10 heteroatoms. The van der Waals surface area contributed by atoms with Gasteiger partial charge in [0.25, 0.3) is 11.6 Å². The first-order valence-electron chi connectivity index (χ1n) is 9.80. The van der Waals surface area contributed by atoms with E-state index >= 15 is 0 Å². The normalized spacial score (nSPS) is 21.3. The zero-order valence-corrected chi connectivity index (χ0v) is 17.5. The van der Waals surface area contributed by atoms with Crippen molar-refractivity contribution in [1.82, 2.24) is 0 Å². The summed E-state index contributed by atoms with van der Waals surface area (Å²) in [5.74, 6) is -10.7. The highest BCUT2D eigenvalue weighted by Crippen LogP contribution is 2.26. The third kappa shape index (κ3) is 5.87. The highest BCUT2D eigenvalue weighted by Gasteiger charge is 2.47. The highest BCUT2D eigenvalue weighted by molar-refractivity contribution is 6.16. The zero-order valence-electron chi connectivity index (χ0n) is 17.5. The second-order valence-corrected chi connectivity index (χ2v) is 8.20. The Kier molecular flexibility index (Phi) is 6.99. The van der Waals surface area contributed by atoms with Crippen LogP contribution in [0.5, 0.6) is 0 Å². The fourth-order valence-corrected chi connectivity index (χ4v) is 3.21. The number of hydrogen-bond acceptors (Lipinski definition) is 10. The van der Waals surface area contributed by atoms with E-state index in [1.807, 2.05) is 0 Å². The number of carbonyl (C=O) groups excluding carboxylic acids is 6. The van der Waals surface area contributed by atoms with Crippen LogP contribution >= 0.6 is 0 Å². The van der Waals surface area contributed by atoms with Crippen LogP contribution < -0.4 is 0 Å². The first-order valence-corrected chi connectivity index (χ1v) is 9.80. The summed E-state index contributed by atoms with van der Waals surface area (Å²) in [6.45, 7) is 5.60. The molecule has 0 spiro atoms. The van der Waals surface area contributed by atoms with Crippen LogP contribution in [0.15, 0.2) is 0 Å². The van der Waals surface area contributed by atoms with Crippen molar-refractivity contribution in [2.45, 2.75) is 77.8 Å². The Hall–Kier alpha value is -2.78. The summed E-state index contributed by atoms with van der Waals surface area (Å²) < 4.78 is 19.7. The molecule has 0 aliphatic carbocycles. The second-order valence-electron chi connectivity index (χ2n) is 8.20. The van der Waals surface area contributed by atoms with Gasteiger partial charge in [-0.05, 0) is 12.8 Å². The van der Waals surface area contributed by atoms with Crippen molar-refractivity contribution in [3.05, 3.63) is 0 Å². The first kappa shape index (κ1) is 23.5. The molecule has 0 radical (unpaired) electrons. The van der Waals surface area contributed by atoms with Gasteiger partial charge in [0.2, 0.25) is 11.8 Å². The summed E-state index contributed by atoms with van der Waals surface area (Å²) in [5, 5.41) is 0. The summed E-state index contributed by atoms with van der Waals surface area (Å²) in [4.78, 5) is 71.7. The van der Waals surface area contributed by atoms with E-state index < -0.39 is 58.9 Å². The monoisotopic (exact) mass is 426 g/mol. The summed E-state index contributed by atoms with van der Waals surface area (Å²) >= 11 is 0. The predicted molar refractivity (Wildman–Crippen MR) is 97.2 cm³/mol. The Labute approximate surface area is 173 Å². The minimum absolute atomic E-state index is 0.0143. The van der Waals surface area contributed by atoms with Crippen molar-refractivity contribution < 1.29 is 47.7 Å². The van der Waals surface area contributed by atoms with E-state index in [2.05, 4.69) is 0 Å². The maximum absolute atomic E-state index is 12.1. The third-order valence-corrected chi connectivity index (χ3v) is 4.57. The molecule has 2 fully saturated rings. The number of ether oxygens (including phenoxy) is 4. The van der Waals surface area contributed by atoms with E-state index in [4.69, 9.17) is 18.9 Å². The molecule has 166 valence electrons. The number of hydrogen-bond donors (Lipinski definition) is 0. The lowest BCUT2D eigenvalue weighted by molar-refractivity contribution is -0.240. The number of Topliss-reactive ketones (excluding diaryl/α,β-unsaturated/α-hetero) is 2. The Morgan fingerprint density at radius 2 is 0.867 bits per heavy atom. The van der Waals surface area contributed by atoms with Crippen LogP contribution in [0.1, 0.15) is 66.2 Å². The number of esters is 4. The van der Waals surface area contributed by atoms with E-state index in [1.54, 1.807) is 0 Å². The molecule has 2 saturated heterocycles. The van der Waals surface area contributed by atoms with Gasteiger partial charge in [0.1, 0.15) is 0 Å². The topological polar surface area (TPSA) is 139 Å². The average Bonchev–Trinajstić information content (AvgIpc) is 2.54. The highest BCUT2D eigenvalue weighted by atomic mass is 16.8. The maximum atomic E-state index is 12.1. The number of ketones is 2. The molecule has 0 atom stereocenters. The van der Waals surface area contributed by atoms with Crippen molar-refractivity contribution in [2.24, 2.45) is 11.8 Å². The number of cyclic esters (lactones) is 4. The molecule has 0 saturated carbocycles. The molecule has 30 heavy (non-hydrogen) atoms. The van der Waals surface area contributed by atoms with Gasteiger partial charge < -0.3 is 18.9 Å². The lowest BCUT2D eigenvalue weighted by Crippen LogP contribution is -2.49. The number of unbranched alkanes of at least 4 members (excludes halogenated alkanes) is 3. The lowest BCUT2D eigenvalue weighted by atomic mass is 9.96. The largest absolute Gasteiger partial charge is 0.422 e. The van der Waals surface area contributed by atoms with Crippen molar-refractivity contribution in [3.8, 4) is 0 Å². The van der Waals surface area contributed by atoms with E-state index in [1.165, 1.54) is 27.7 Å². The molecular formula is C20H26O10. The minimum atomic E-state index is -1.56. The van der Waals surface area contributed by atoms with E-state index in [0.29, 0.717) is 25.7 Å². The van der Waals surface area contributed by atoms with Gasteiger partial charge in [0.05, 0.1) is 0 Å². The van der Waals surface area contributed by atoms with Gasteiger partial charge in [0, 0.05) is 40.5 Å². The van der Waals surface area contributed by atoms with E-state index in [-0.39, 0.29) is 12.8 Å². The fourth-order valence-electron chi connectivity index (χ4n) is 3.21. The van der Waals surface area contributed by atoms with Crippen LogP contribution in [0, 0.1) is 11.8 Å². The van der Waals surface area contributed by atoms with Crippen LogP contribution in [0.2, 0.25) is 0 Å². The first-order chi connectivity index (χ1) is 13.8. The van der Waals surface area contributed by atoms with Crippen LogP contribution in [0.25, 0.3) is 0 Å². The number of carbonyl (C=O) groups is 6. The van der Waals surface area contributed by atoms with Crippen molar-refractivity contribution in [3.63, 3.8) is 0 Å². The predicted octanol–water partition coefficient (Wildman–Crippen LogP) is 1.37. The van der Waals surface area contributed by atoms with Gasteiger partial charge in [-0.25, -0.2) is 0 Å². The Morgan fingerprint density at radius 1 is 0.600 bits per heavy atom. The minimum Gasteiger partial charge on any atom is -0.422 e. The molecule has 0 N–H and O–H groups in total. The van der Waals surface area contributed by atoms with Crippen molar-refractivity contribution in [2.75, 3.05) is 0 Å². The average molecular weight is 426 g/mol. The standard InChI is InChI=1S/C20H26O10/c1-19(2)27-15(23)13(16(24)28-19)11(21)9-7-5-6-8-10-12(22)14-17(25)29-20(3,4)30-18(14)26/h13-14H,5-10H2,1-4H3. The summed E-state index contributed by atoms with van der Waals surface area (Å²) in [7, 11) is 0. The van der Waals surface area contributed by atoms with Crippen LogP contribution in [0.4, 0.5) is 0 Å². The molecule has 0 bridgehead atoms. The Morgan fingerprint density at radius 3 is 1.13 bits per heavy atom. The molecule has 0 aromatic carbocycles. The molecule has 0 unspecified atom stereocenters. The second kappa shape index (κ2) is 8.93. The fraction of sp³-hybridized carbons (Fsp3) is 0.700. The molecule has 2 aliphatic heterocycles. The van der Waals surface area contributed by atoms with Crippen LogP contribution in [-0.2, 0) is 47.7 Å². The lowest BCUT2D eigenvalue weighted by Gasteiger charge is -2.32. The summed E-state index contributed by atoms with van der Waals surface area (Å²) in [6, 6.07) is 0. The van der Waals surface area contributed by atoms with Gasteiger partial charge in [-0.15, -0.1) is 0 Å². The Bertz CT molecular complexity index is 660. The van der Waals surface area contributed by atoms with Crippen molar-refractivity contribution in [1.29, 1.82) is 0 Å². The van der Waals surface area contributed by atoms with Gasteiger partial charge in [-0.3, -0.25) is 28.8 Å². The molecule has 0 aromatic rings. The molecule has 2 aliphatic rings. The van der Waals surface area contributed by atoms with Gasteiger partial charge in [-0.1, -0.05) is 12.8 Å². The quantitative estimate of drug-likeness (QED) is 0.302. The van der Waals surface area contributed by atoms with E-state index in [0.717, 1.165) is 0 Å². The number of rotatable bonds is 9. The molecule has 10 nitrogen and oxygen atoms in total. The Balaban J connectivity index is 1.68. The smallest absolute Gasteiger partial charge is 0.331 e. The van der Waals surface area contributed by atoms with Crippen LogP contribution in [-0.4, -0.2) is 47.0 Å². The zero-order chi connectivity index (χ0) is 22.7. The molecule has 2 rings (SSSR count). The molecule has 0 aromatic heterocycles. The third-order valence-electron chi connectivity index (χ3n) is 4.57. The SMILES string of the molecule is CC1(C)OC(=O)C(C(=O)CCCCCCC(=O)C2C(=O)OC(C)(C)OC2=O)C(=O)O1. The van der Waals surface area contributed by atoms with Crippen LogP contribution in [0.3, 0.4) is 0 Å². The molecule has 0 amide bonds. The molecular weight excluding hydrogens is 400 g/mol. The summed E-state index contributed by atoms with van der Waals surface area (Å²) in [5.41, 5.74) is 0. The molecule has 2 heterocycles. The summed E-state index contributed by atoms with van der Waals surface area (Å²) in [6.07, 6.45) is 1.87. The van der Waals surface area contributed by atoms with E-state index in [9.17, 15) is 28.8 Å². The van der Waals surface area contributed by atoms with Gasteiger partial charge >= 0.3 is 23.9 Å². The van der Waals surface area contributed by atoms with Crippen molar-refractivity contribution >= 4 is 35.4 Å². The van der Waals surface area contributed by atoms with Gasteiger partial charge in [-0.2, -0.15) is 0 Å². The van der Waals surface area contributed by atoms with Gasteiger partial charge in [0.15, 0.2) is 11.6 Å². The maximum Gasteiger partial charge on any atom is 0.331 e.